The van der Waals surface area contributed by atoms with Gasteiger partial charge in [-0.15, -0.1) is 6.58 Å². The summed E-state index contributed by atoms with van der Waals surface area (Å²) in [5.41, 5.74) is -0.629. The standard InChI is InChI=1S/C7H14NO2/c1-5-7(3,4)8(9)10-6-2/h5H,1,6H2,2-4H3/q-1. The predicted molar refractivity (Wildman–Crippen MR) is 41.1 cm³/mol. The Kier molecular flexibility index (Phi) is 3.57. The molecule has 0 aliphatic carbocycles. The highest BCUT2D eigenvalue weighted by molar-refractivity contribution is 4.94. The van der Waals surface area contributed by atoms with Gasteiger partial charge in [-0.3, -0.25) is 5.23 Å². The van der Waals surface area contributed by atoms with Gasteiger partial charge in [-0.1, -0.05) is 6.08 Å². The van der Waals surface area contributed by atoms with Gasteiger partial charge in [0.25, 0.3) is 0 Å². The number of hydrogen-bond acceptors (Lipinski definition) is 3. The first-order valence-corrected chi connectivity index (χ1v) is 3.28. The molecule has 0 amide bonds. The fourth-order valence-electron chi connectivity index (χ4n) is 0.358. The van der Waals surface area contributed by atoms with Crippen LogP contribution in [0.2, 0.25) is 0 Å². The molecule has 0 aromatic carbocycles. The van der Waals surface area contributed by atoms with Crippen molar-refractivity contribution in [3.8, 4) is 0 Å². The Morgan fingerprint density at radius 3 is 2.50 bits per heavy atom. The van der Waals surface area contributed by atoms with Gasteiger partial charge in [0.15, 0.2) is 0 Å². The third-order valence-electron chi connectivity index (χ3n) is 1.22. The summed E-state index contributed by atoms with van der Waals surface area (Å²) in [5.74, 6) is 0. The monoisotopic (exact) mass is 144 g/mol. The SMILES string of the molecule is C=CC(C)(C)N([O-])OCC. The lowest BCUT2D eigenvalue weighted by Crippen LogP contribution is -2.37. The van der Waals surface area contributed by atoms with E-state index in [0.29, 0.717) is 11.8 Å². The molecule has 0 aliphatic rings. The fraction of sp³-hybridized carbons (Fsp3) is 0.714. The lowest BCUT2D eigenvalue weighted by Gasteiger charge is -2.39. The van der Waals surface area contributed by atoms with E-state index in [-0.39, 0.29) is 0 Å². The first-order valence-electron chi connectivity index (χ1n) is 3.28. The van der Waals surface area contributed by atoms with Crippen molar-refractivity contribution in [1.82, 2.24) is 5.23 Å². The summed E-state index contributed by atoms with van der Waals surface area (Å²) < 4.78 is 0. The van der Waals surface area contributed by atoms with E-state index in [1.54, 1.807) is 26.8 Å². The molecule has 0 N–H and O–H groups in total. The lowest BCUT2D eigenvalue weighted by atomic mass is 10.1. The van der Waals surface area contributed by atoms with Gasteiger partial charge in [0.2, 0.25) is 0 Å². The van der Waals surface area contributed by atoms with Crippen LogP contribution in [0.4, 0.5) is 0 Å². The Balaban J connectivity index is 3.90. The van der Waals surface area contributed by atoms with E-state index in [1.165, 1.54) is 0 Å². The topological polar surface area (TPSA) is 35.5 Å². The van der Waals surface area contributed by atoms with E-state index < -0.39 is 5.54 Å². The van der Waals surface area contributed by atoms with E-state index in [2.05, 4.69) is 6.58 Å². The molecule has 10 heavy (non-hydrogen) atoms. The van der Waals surface area contributed by atoms with Crippen LogP contribution in [0.15, 0.2) is 12.7 Å². The maximum atomic E-state index is 10.9. The first kappa shape index (κ1) is 9.62. The van der Waals surface area contributed by atoms with Crippen molar-refractivity contribution < 1.29 is 4.84 Å². The molecule has 0 aromatic heterocycles. The minimum Gasteiger partial charge on any atom is -0.761 e. The summed E-state index contributed by atoms with van der Waals surface area (Å²) in [6, 6.07) is 0. The maximum absolute atomic E-state index is 10.9. The minimum absolute atomic E-state index is 0.390. The third kappa shape index (κ3) is 2.47. The maximum Gasteiger partial charge on any atom is 0.0645 e. The van der Waals surface area contributed by atoms with Gasteiger partial charge >= 0.3 is 0 Å². The van der Waals surface area contributed by atoms with Crippen LogP contribution in [0.1, 0.15) is 20.8 Å². The van der Waals surface area contributed by atoms with Crippen molar-refractivity contribution in [2.24, 2.45) is 0 Å². The molecule has 60 valence electrons. The molecule has 0 aliphatic heterocycles. The summed E-state index contributed by atoms with van der Waals surface area (Å²) in [4.78, 5) is 4.70. The molecular weight excluding hydrogens is 130 g/mol. The number of rotatable bonds is 4. The molecule has 0 saturated carbocycles. The van der Waals surface area contributed by atoms with Gasteiger partial charge in [-0.2, -0.15) is 0 Å². The molecule has 0 spiro atoms. The van der Waals surface area contributed by atoms with Crippen LogP contribution >= 0.6 is 0 Å². The number of nitrogens with zero attached hydrogens (tertiary/aromatic N) is 1. The van der Waals surface area contributed by atoms with Gasteiger partial charge < -0.3 is 10.0 Å². The molecule has 0 heterocycles. The highest BCUT2D eigenvalue weighted by atomic mass is 16.9. The molecule has 0 fully saturated rings. The van der Waals surface area contributed by atoms with E-state index in [4.69, 9.17) is 4.84 Å². The van der Waals surface area contributed by atoms with Crippen LogP contribution in [0.5, 0.6) is 0 Å². The quantitative estimate of drug-likeness (QED) is 0.445. The molecule has 0 aromatic rings. The van der Waals surface area contributed by atoms with Crippen LogP contribution < -0.4 is 0 Å². The third-order valence-corrected chi connectivity index (χ3v) is 1.22. The second kappa shape index (κ2) is 3.71. The van der Waals surface area contributed by atoms with Gasteiger partial charge in [0.1, 0.15) is 0 Å². The van der Waals surface area contributed by atoms with Crippen LogP contribution in [-0.2, 0) is 4.84 Å². The van der Waals surface area contributed by atoms with Gasteiger partial charge in [0.05, 0.1) is 6.61 Å². The van der Waals surface area contributed by atoms with Crippen molar-refractivity contribution in [2.75, 3.05) is 6.61 Å². The number of hydrogen-bond donors (Lipinski definition) is 0. The molecule has 3 heteroatoms. The highest BCUT2D eigenvalue weighted by Gasteiger charge is 2.14. The Morgan fingerprint density at radius 1 is 1.70 bits per heavy atom. The zero-order valence-electron chi connectivity index (χ0n) is 6.76. The molecular formula is C7H14NO2-. The normalized spacial score (nSPS) is 12.1. The molecule has 0 unspecified atom stereocenters. The minimum atomic E-state index is -0.629. The Labute approximate surface area is 61.8 Å². The zero-order valence-corrected chi connectivity index (χ0v) is 6.76. The zero-order chi connectivity index (χ0) is 8.20. The van der Waals surface area contributed by atoms with Crippen LogP contribution in [0.3, 0.4) is 0 Å². The summed E-state index contributed by atoms with van der Waals surface area (Å²) in [6.07, 6.45) is 1.55. The average molecular weight is 144 g/mol. The van der Waals surface area contributed by atoms with Crippen molar-refractivity contribution in [3.05, 3.63) is 17.9 Å². The van der Waals surface area contributed by atoms with Crippen LogP contribution in [0.25, 0.3) is 0 Å². The Hall–Kier alpha value is -0.380. The van der Waals surface area contributed by atoms with Crippen LogP contribution in [0, 0.1) is 5.21 Å². The average Bonchev–Trinajstić information content (AvgIpc) is 1.89. The second-order valence-electron chi connectivity index (χ2n) is 2.53. The molecule has 0 rings (SSSR count). The van der Waals surface area contributed by atoms with Crippen molar-refractivity contribution in [3.63, 3.8) is 0 Å². The van der Waals surface area contributed by atoms with Gasteiger partial charge in [-0.25, -0.2) is 0 Å². The van der Waals surface area contributed by atoms with Crippen molar-refractivity contribution in [1.29, 1.82) is 0 Å². The fourth-order valence-corrected chi connectivity index (χ4v) is 0.358. The van der Waals surface area contributed by atoms with Crippen LogP contribution in [-0.4, -0.2) is 17.4 Å². The van der Waals surface area contributed by atoms with E-state index in [1.807, 2.05) is 0 Å². The van der Waals surface area contributed by atoms with E-state index >= 15 is 0 Å². The summed E-state index contributed by atoms with van der Waals surface area (Å²) in [7, 11) is 0. The van der Waals surface area contributed by atoms with Gasteiger partial charge in [-0.05, 0) is 20.8 Å². The lowest BCUT2D eigenvalue weighted by molar-refractivity contribution is -0.159. The smallest absolute Gasteiger partial charge is 0.0645 e. The first-order chi connectivity index (χ1) is 4.54. The highest BCUT2D eigenvalue weighted by Crippen LogP contribution is 2.13. The Bertz CT molecular complexity index is 112. The summed E-state index contributed by atoms with van der Waals surface area (Å²) in [6.45, 7) is 9.15. The molecule has 0 saturated heterocycles. The van der Waals surface area contributed by atoms with Gasteiger partial charge in [0, 0.05) is 5.54 Å². The van der Waals surface area contributed by atoms with Crippen molar-refractivity contribution in [2.45, 2.75) is 26.3 Å². The molecule has 3 nitrogen and oxygen atoms in total. The molecule has 0 atom stereocenters. The summed E-state index contributed by atoms with van der Waals surface area (Å²) >= 11 is 0. The number of hydroxylamine groups is 2. The summed E-state index contributed by atoms with van der Waals surface area (Å²) in [5, 5.41) is 11.5. The van der Waals surface area contributed by atoms with Crippen molar-refractivity contribution >= 4 is 0 Å². The second-order valence-corrected chi connectivity index (χ2v) is 2.53. The molecule has 0 radical (unpaired) electrons. The predicted octanol–water partition coefficient (Wildman–Crippen LogP) is 1.70. The Morgan fingerprint density at radius 2 is 2.20 bits per heavy atom. The van der Waals surface area contributed by atoms with E-state index in [9.17, 15) is 5.21 Å². The largest absolute Gasteiger partial charge is 0.761 e. The molecule has 0 bridgehead atoms. The van der Waals surface area contributed by atoms with E-state index in [0.717, 1.165) is 0 Å².